The van der Waals surface area contributed by atoms with Crippen molar-refractivity contribution in [3.05, 3.63) is 58.7 Å². The molecule has 37 heavy (non-hydrogen) atoms. The molecule has 2 fully saturated rings. The van der Waals surface area contributed by atoms with Crippen LogP contribution >= 0.6 is 0 Å². The molecule has 2 aliphatic heterocycles. The van der Waals surface area contributed by atoms with Crippen LogP contribution in [0.2, 0.25) is 0 Å². The van der Waals surface area contributed by atoms with Crippen molar-refractivity contribution in [2.24, 2.45) is 5.92 Å². The average Bonchev–Trinajstić information content (AvgIpc) is 2.87. The third-order valence-corrected chi connectivity index (χ3v) is 11.5. The number of piperidine rings is 2. The topological polar surface area (TPSA) is 104 Å². The fourth-order valence-electron chi connectivity index (χ4n) is 5.43. The van der Waals surface area contributed by atoms with Gasteiger partial charge in [0.25, 0.3) is 0 Å². The molecule has 0 aliphatic carbocycles. The van der Waals surface area contributed by atoms with Gasteiger partial charge in [-0.1, -0.05) is 36.2 Å². The Morgan fingerprint density at radius 3 is 1.92 bits per heavy atom. The van der Waals surface area contributed by atoms with Gasteiger partial charge in [-0.25, -0.2) is 16.8 Å². The maximum absolute atomic E-state index is 13.3. The minimum Gasteiger partial charge on any atom is -0.352 e. The molecule has 2 aromatic carbocycles. The Morgan fingerprint density at radius 1 is 0.811 bits per heavy atom. The maximum atomic E-state index is 13.3. The van der Waals surface area contributed by atoms with Crippen molar-refractivity contribution >= 4 is 26.0 Å². The highest BCUT2D eigenvalue weighted by molar-refractivity contribution is 7.89. The zero-order chi connectivity index (χ0) is 26.8. The van der Waals surface area contributed by atoms with Gasteiger partial charge in [0, 0.05) is 38.6 Å². The van der Waals surface area contributed by atoms with Crippen LogP contribution in [0.5, 0.6) is 0 Å². The first-order valence-corrected chi connectivity index (χ1v) is 15.8. The van der Waals surface area contributed by atoms with Crippen molar-refractivity contribution in [1.82, 2.24) is 13.9 Å². The largest absolute Gasteiger partial charge is 0.352 e. The van der Waals surface area contributed by atoms with Crippen molar-refractivity contribution in [3.63, 3.8) is 0 Å². The van der Waals surface area contributed by atoms with Gasteiger partial charge < -0.3 is 5.32 Å². The molecule has 0 aromatic heterocycles. The smallest absolute Gasteiger partial charge is 0.243 e. The second kappa shape index (κ2) is 11.2. The Labute approximate surface area is 221 Å². The van der Waals surface area contributed by atoms with Crippen molar-refractivity contribution in [3.8, 4) is 0 Å². The van der Waals surface area contributed by atoms with Gasteiger partial charge in [-0.05, 0) is 75.3 Å². The SMILES string of the molecule is Cc1cc(C)c(S(=O)(=O)N2CCC(C(=O)NCc3ccc(S(=O)(=O)N4CCCCC4)cc3)CC2)c(C)c1. The monoisotopic (exact) mass is 547 g/mol. The Balaban J connectivity index is 1.31. The van der Waals surface area contributed by atoms with Crippen LogP contribution < -0.4 is 5.32 Å². The van der Waals surface area contributed by atoms with E-state index in [-0.39, 0.29) is 16.7 Å². The van der Waals surface area contributed by atoms with Gasteiger partial charge in [-0.2, -0.15) is 8.61 Å². The lowest BCUT2D eigenvalue weighted by molar-refractivity contribution is -0.126. The van der Waals surface area contributed by atoms with E-state index in [2.05, 4.69) is 5.32 Å². The molecule has 2 heterocycles. The van der Waals surface area contributed by atoms with E-state index >= 15 is 0 Å². The number of rotatable bonds is 7. The number of sulfonamides is 2. The minimum atomic E-state index is -3.62. The molecule has 10 heteroatoms. The summed E-state index contributed by atoms with van der Waals surface area (Å²) < 4.78 is 55.3. The molecule has 202 valence electrons. The molecule has 4 rings (SSSR count). The summed E-state index contributed by atoms with van der Waals surface area (Å²) in [6.07, 6.45) is 3.76. The lowest BCUT2D eigenvalue weighted by Gasteiger charge is -2.31. The number of nitrogens with zero attached hydrogens (tertiary/aromatic N) is 2. The van der Waals surface area contributed by atoms with E-state index in [1.165, 1.54) is 4.31 Å². The van der Waals surface area contributed by atoms with Crippen LogP contribution in [0.3, 0.4) is 0 Å². The zero-order valence-corrected chi connectivity index (χ0v) is 23.5. The Bertz CT molecular complexity index is 1320. The van der Waals surface area contributed by atoms with Gasteiger partial charge in [0.15, 0.2) is 0 Å². The number of carbonyl (C=O) groups is 1. The van der Waals surface area contributed by atoms with Crippen molar-refractivity contribution in [2.45, 2.75) is 69.2 Å². The van der Waals surface area contributed by atoms with Gasteiger partial charge in [0.1, 0.15) is 0 Å². The summed E-state index contributed by atoms with van der Waals surface area (Å²) in [5.74, 6) is -0.366. The van der Waals surface area contributed by atoms with Gasteiger partial charge in [-0.15, -0.1) is 0 Å². The molecule has 0 spiro atoms. The summed E-state index contributed by atoms with van der Waals surface area (Å²) in [5, 5.41) is 2.93. The molecule has 1 N–H and O–H groups in total. The molecule has 0 unspecified atom stereocenters. The number of amides is 1. The molecule has 2 aliphatic rings. The highest BCUT2D eigenvalue weighted by atomic mass is 32.2. The molecular formula is C27H37N3O5S2. The molecule has 1 amide bonds. The van der Waals surface area contributed by atoms with Crippen LogP contribution in [0.1, 0.15) is 54.4 Å². The normalized spacial score (nSPS) is 18.6. The van der Waals surface area contributed by atoms with Gasteiger partial charge >= 0.3 is 0 Å². The molecule has 0 atom stereocenters. The van der Waals surface area contributed by atoms with Crippen LogP contribution in [0.15, 0.2) is 46.2 Å². The molecular weight excluding hydrogens is 510 g/mol. The summed E-state index contributed by atoms with van der Waals surface area (Å²) in [6, 6.07) is 10.4. The second-order valence-electron chi connectivity index (χ2n) is 10.2. The van der Waals surface area contributed by atoms with Crippen molar-refractivity contribution < 1.29 is 21.6 Å². The Hall–Kier alpha value is -2.27. The summed E-state index contributed by atoms with van der Waals surface area (Å²) in [7, 11) is -7.10. The predicted molar refractivity (Wildman–Crippen MR) is 143 cm³/mol. The number of hydrogen-bond donors (Lipinski definition) is 1. The van der Waals surface area contributed by atoms with E-state index in [0.717, 1.165) is 41.5 Å². The van der Waals surface area contributed by atoms with E-state index in [1.807, 2.05) is 32.9 Å². The molecule has 0 radical (unpaired) electrons. The minimum absolute atomic E-state index is 0.107. The Kier molecular flexibility index (Phi) is 8.42. The molecule has 8 nitrogen and oxygen atoms in total. The van der Waals surface area contributed by atoms with Crippen molar-refractivity contribution in [1.29, 1.82) is 0 Å². The van der Waals surface area contributed by atoms with Crippen LogP contribution in [-0.4, -0.2) is 57.5 Å². The highest BCUT2D eigenvalue weighted by Gasteiger charge is 2.33. The summed E-state index contributed by atoms with van der Waals surface area (Å²) in [4.78, 5) is 13.4. The number of aryl methyl sites for hydroxylation is 3. The second-order valence-corrected chi connectivity index (χ2v) is 14.0. The summed E-state index contributed by atoms with van der Waals surface area (Å²) >= 11 is 0. The lowest BCUT2D eigenvalue weighted by atomic mass is 9.97. The van der Waals surface area contributed by atoms with Crippen molar-refractivity contribution in [2.75, 3.05) is 26.2 Å². The van der Waals surface area contributed by atoms with Crippen LogP contribution in [0, 0.1) is 26.7 Å². The zero-order valence-electron chi connectivity index (χ0n) is 21.9. The lowest BCUT2D eigenvalue weighted by Crippen LogP contribution is -2.43. The fourth-order valence-corrected chi connectivity index (χ4v) is 8.83. The quantitative estimate of drug-likeness (QED) is 0.571. The van der Waals surface area contributed by atoms with E-state index in [1.54, 1.807) is 28.6 Å². The van der Waals surface area contributed by atoms with E-state index in [9.17, 15) is 21.6 Å². The third-order valence-electron chi connectivity index (χ3n) is 7.37. The number of hydrogen-bond acceptors (Lipinski definition) is 5. The van der Waals surface area contributed by atoms with E-state index in [4.69, 9.17) is 0 Å². The predicted octanol–water partition coefficient (Wildman–Crippen LogP) is 3.50. The number of benzene rings is 2. The number of nitrogens with one attached hydrogen (secondary N) is 1. The first kappa shape index (κ1) is 27.8. The fraction of sp³-hybridized carbons (Fsp3) is 0.519. The van der Waals surface area contributed by atoms with E-state index < -0.39 is 20.0 Å². The first-order chi connectivity index (χ1) is 17.5. The first-order valence-electron chi connectivity index (χ1n) is 12.9. The van der Waals surface area contributed by atoms with Gasteiger partial charge in [0.05, 0.1) is 9.79 Å². The summed E-state index contributed by atoms with van der Waals surface area (Å²) in [5.41, 5.74) is 3.33. The van der Waals surface area contributed by atoms with Crippen LogP contribution in [0.4, 0.5) is 0 Å². The molecule has 0 bridgehead atoms. The van der Waals surface area contributed by atoms with Gasteiger partial charge in [0.2, 0.25) is 26.0 Å². The van der Waals surface area contributed by atoms with Crippen LogP contribution in [-0.2, 0) is 31.4 Å². The standard InChI is InChI=1S/C27H37N3O5S2/c1-20-17-21(2)26(22(3)18-20)37(34,35)30-15-11-24(12-16-30)27(31)28-19-23-7-9-25(10-8-23)36(32,33)29-13-5-4-6-14-29/h7-10,17-18,24H,4-6,11-16,19H2,1-3H3,(H,28,31). The van der Waals surface area contributed by atoms with Gasteiger partial charge in [-0.3, -0.25) is 4.79 Å². The molecule has 2 saturated heterocycles. The molecule has 0 saturated carbocycles. The summed E-state index contributed by atoms with van der Waals surface area (Å²) in [6.45, 7) is 7.61. The molecule has 2 aromatic rings. The average molecular weight is 548 g/mol. The maximum Gasteiger partial charge on any atom is 0.243 e. The Morgan fingerprint density at radius 2 is 1.35 bits per heavy atom. The third kappa shape index (κ3) is 6.08. The van der Waals surface area contributed by atoms with Crippen LogP contribution in [0.25, 0.3) is 0 Å². The van der Waals surface area contributed by atoms with E-state index in [0.29, 0.717) is 50.5 Å². The highest BCUT2D eigenvalue weighted by Crippen LogP contribution is 2.29. The number of carbonyl (C=O) groups excluding carboxylic acids is 1.